The third-order valence-electron chi connectivity index (χ3n) is 3.63. The molecule has 0 radical (unpaired) electrons. The zero-order valence-electron chi connectivity index (χ0n) is 13.9. The number of nitrogens with zero attached hydrogens (tertiary/aromatic N) is 3. The van der Waals surface area contributed by atoms with Crippen LogP contribution in [0.2, 0.25) is 0 Å². The number of alkyl halides is 1. The summed E-state index contributed by atoms with van der Waals surface area (Å²) in [5.41, 5.74) is 5.30. The van der Waals surface area contributed by atoms with E-state index in [-0.39, 0.29) is 17.8 Å². The fourth-order valence-electron chi connectivity index (χ4n) is 2.27. The van der Waals surface area contributed by atoms with Gasteiger partial charge in [-0.2, -0.15) is 15.0 Å². The number of benzene rings is 1. The van der Waals surface area contributed by atoms with Crippen molar-refractivity contribution in [2.24, 2.45) is 0 Å². The fourth-order valence-corrected chi connectivity index (χ4v) is 2.27. The number of nitrogens with two attached hydrogens (primary N) is 1. The maximum absolute atomic E-state index is 14.0. The van der Waals surface area contributed by atoms with Gasteiger partial charge in [0, 0.05) is 6.04 Å². The second kappa shape index (κ2) is 7.35. The number of aromatic nitrogens is 3. The van der Waals surface area contributed by atoms with Crippen molar-refractivity contribution in [1.82, 2.24) is 15.0 Å². The molecular weight excluding hydrogens is 293 g/mol. The van der Waals surface area contributed by atoms with Gasteiger partial charge < -0.3 is 11.1 Å². The number of aryl methyl sites for hydroxylation is 1. The van der Waals surface area contributed by atoms with Crippen LogP contribution in [0.4, 0.5) is 16.3 Å². The van der Waals surface area contributed by atoms with Crippen molar-refractivity contribution in [2.45, 2.75) is 51.7 Å². The second-order valence-electron chi connectivity index (χ2n) is 6.09. The van der Waals surface area contributed by atoms with Crippen molar-refractivity contribution in [3.8, 4) is 0 Å². The third-order valence-corrected chi connectivity index (χ3v) is 3.63. The Balaban J connectivity index is 2.05. The van der Waals surface area contributed by atoms with Gasteiger partial charge in [-0.15, -0.1) is 0 Å². The van der Waals surface area contributed by atoms with E-state index in [0.29, 0.717) is 5.95 Å². The molecule has 0 saturated carbocycles. The van der Waals surface area contributed by atoms with Crippen LogP contribution in [0, 0.1) is 0 Å². The summed E-state index contributed by atoms with van der Waals surface area (Å²) in [6.45, 7) is 4.89. The van der Waals surface area contributed by atoms with E-state index in [9.17, 15) is 4.39 Å². The van der Waals surface area contributed by atoms with Gasteiger partial charge >= 0.3 is 0 Å². The monoisotopic (exact) mass is 317 g/mol. The molecule has 1 aromatic heterocycles. The number of halogens is 1. The zero-order chi connectivity index (χ0) is 16.9. The van der Waals surface area contributed by atoms with E-state index in [1.807, 2.05) is 18.2 Å². The van der Waals surface area contributed by atoms with Gasteiger partial charge in [-0.1, -0.05) is 37.3 Å². The Bertz CT molecular complexity index is 625. The van der Waals surface area contributed by atoms with Gasteiger partial charge in [-0.05, 0) is 38.7 Å². The normalized spacial score (nSPS) is 12.9. The molecule has 1 heterocycles. The molecule has 0 aliphatic rings. The number of nitrogens with one attached hydrogen (secondary N) is 1. The molecular formula is C17H24FN5. The minimum Gasteiger partial charge on any atom is -0.368 e. The first-order valence-electron chi connectivity index (χ1n) is 7.90. The van der Waals surface area contributed by atoms with Crippen LogP contribution in [-0.4, -0.2) is 21.0 Å². The minimum atomic E-state index is -1.65. The van der Waals surface area contributed by atoms with Crippen molar-refractivity contribution in [3.05, 3.63) is 41.7 Å². The summed E-state index contributed by atoms with van der Waals surface area (Å²) in [6, 6.07) is 10.5. The fraction of sp³-hybridized carbons (Fsp3) is 0.471. The highest BCUT2D eigenvalue weighted by Gasteiger charge is 2.24. The highest BCUT2D eigenvalue weighted by Crippen LogP contribution is 2.22. The lowest BCUT2D eigenvalue weighted by Crippen LogP contribution is -2.24. The summed E-state index contributed by atoms with van der Waals surface area (Å²) in [5.74, 6) is 0.407. The first kappa shape index (κ1) is 17.1. The molecule has 23 heavy (non-hydrogen) atoms. The van der Waals surface area contributed by atoms with Gasteiger partial charge in [-0.25, -0.2) is 4.39 Å². The predicted molar refractivity (Wildman–Crippen MR) is 90.8 cm³/mol. The van der Waals surface area contributed by atoms with Crippen molar-refractivity contribution >= 4 is 11.9 Å². The Labute approximate surface area is 136 Å². The summed E-state index contributed by atoms with van der Waals surface area (Å²) in [4.78, 5) is 12.1. The average Bonchev–Trinajstić information content (AvgIpc) is 2.51. The van der Waals surface area contributed by atoms with Crippen LogP contribution in [0.5, 0.6) is 0 Å². The highest BCUT2D eigenvalue weighted by atomic mass is 19.1. The maximum atomic E-state index is 14.0. The summed E-state index contributed by atoms with van der Waals surface area (Å²) >= 11 is 0. The molecule has 0 amide bonds. The Morgan fingerprint density at radius 1 is 1.17 bits per heavy atom. The van der Waals surface area contributed by atoms with Gasteiger partial charge in [-0.3, -0.25) is 0 Å². The van der Waals surface area contributed by atoms with Crippen molar-refractivity contribution < 1.29 is 4.39 Å². The number of hydrogen-bond donors (Lipinski definition) is 2. The Hall–Kier alpha value is -2.24. The zero-order valence-corrected chi connectivity index (χ0v) is 13.9. The largest absolute Gasteiger partial charge is 0.368 e. The van der Waals surface area contributed by atoms with Crippen LogP contribution < -0.4 is 11.1 Å². The van der Waals surface area contributed by atoms with Gasteiger partial charge in [0.1, 0.15) is 0 Å². The highest BCUT2D eigenvalue weighted by molar-refractivity contribution is 5.33. The van der Waals surface area contributed by atoms with E-state index in [4.69, 9.17) is 5.73 Å². The molecule has 2 aromatic rings. The van der Waals surface area contributed by atoms with Crippen LogP contribution in [0.1, 0.15) is 45.0 Å². The quantitative estimate of drug-likeness (QED) is 0.817. The lowest BCUT2D eigenvalue weighted by molar-refractivity contribution is 0.206. The Morgan fingerprint density at radius 2 is 1.87 bits per heavy atom. The van der Waals surface area contributed by atoms with Crippen LogP contribution in [0.15, 0.2) is 30.3 Å². The number of anilines is 2. The summed E-state index contributed by atoms with van der Waals surface area (Å²) in [5, 5.41) is 3.24. The van der Waals surface area contributed by atoms with Crippen LogP contribution in [-0.2, 0) is 12.1 Å². The topological polar surface area (TPSA) is 76.7 Å². The standard InChI is InChI=1S/C17H24FN5/c1-4-13(11-10-12-8-6-5-7-9-12)20-16-22-14(17(2,3)18)21-15(19)23-16/h5-9,13H,4,10-11H2,1-3H3,(H3,19,20,21,22,23). The second-order valence-corrected chi connectivity index (χ2v) is 6.09. The first-order valence-corrected chi connectivity index (χ1v) is 7.90. The molecule has 3 N–H and O–H groups in total. The molecule has 0 saturated heterocycles. The van der Waals surface area contributed by atoms with Gasteiger partial charge in [0.05, 0.1) is 0 Å². The van der Waals surface area contributed by atoms with Crippen molar-refractivity contribution in [1.29, 1.82) is 0 Å². The van der Waals surface area contributed by atoms with E-state index >= 15 is 0 Å². The first-order chi connectivity index (χ1) is 10.9. The smallest absolute Gasteiger partial charge is 0.228 e. The molecule has 1 aromatic carbocycles. The minimum absolute atomic E-state index is 0.0288. The molecule has 6 heteroatoms. The van der Waals surface area contributed by atoms with Crippen LogP contribution >= 0.6 is 0 Å². The van der Waals surface area contributed by atoms with E-state index in [1.165, 1.54) is 19.4 Å². The van der Waals surface area contributed by atoms with Crippen LogP contribution in [0.25, 0.3) is 0 Å². The molecule has 0 spiro atoms. The number of rotatable bonds is 7. The van der Waals surface area contributed by atoms with E-state index in [0.717, 1.165) is 19.3 Å². The lowest BCUT2D eigenvalue weighted by atomic mass is 10.0. The molecule has 0 fully saturated rings. The van der Waals surface area contributed by atoms with E-state index < -0.39 is 5.67 Å². The number of hydrogen-bond acceptors (Lipinski definition) is 5. The molecule has 124 valence electrons. The van der Waals surface area contributed by atoms with E-state index in [2.05, 4.69) is 39.3 Å². The van der Waals surface area contributed by atoms with E-state index in [1.54, 1.807) is 0 Å². The average molecular weight is 317 g/mol. The molecule has 2 rings (SSSR count). The molecule has 5 nitrogen and oxygen atoms in total. The predicted octanol–water partition coefficient (Wildman–Crippen LogP) is 3.48. The van der Waals surface area contributed by atoms with Gasteiger partial charge in [0.15, 0.2) is 11.5 Å². The SMILES string of the molecule is CCC(CCc1ccccc1)Nc1nc(N)nc(C(C)(C)F)n1. The van der Waals surface area contributed by atoms with Crippen LogP contribution in [0.3, 0.4) is 0 Å². The maximum Gasteiger partial charge on any atom is 0.228 e. The van der Waals surface area contributed by atoms with Crippen molar-refractivity contribution in [3.63, 3.8) is 0 Å². The summed E-state index contributed by atoms with van der Waals surface area (Å²) < 4.78 is 14.0. The Kier molecular flexibility index (Phi) is 5.47. The molecule has 0 aliphatic heterocycles. The van der Waals surface area contributed by atoms with Gasteiger partial charge in [0.2, 0.25) is 11.9 Å². The third kappa shape index (κ3) is 5.16. The van der Waals surface area contributed by atoms with Gasteiger partial charge in [0.25, 0.3) is 0 Å². The molecule has 0 bridgehead atoms. The Morgan fingerprint density at radius 3 is 2.48 bits per heavy atom. The molecule has 1 unspecified atom stereocenters. The molecule has 0 aliphatic carbocycles. The number of nitrogen functional groups attached to an aromatic ring is 1. The summed E-state index contributed by atoms with van der Waals surface area (Å²) in [6.07, 6.45) is 2.79. The molecule has 1 atom stereocenters. The summed E-state index contributed by atoms with van der Waals surface area (Å²) in [7, 11) is 0. The lowest BCUT2D eigenvalue weighted by Gasteiger charge is -2.19. The van der Waals surface area contributed by atoms with Crippen molar-refractivity contribution in [2.75, 3.05) is 11.1 Å².